The van der Waals surface area contributed by atoms with Crippen LogP contribution in [0.2, 0.25) is 0 Å². The Kier molecular flexibility index (Phi) is 5.58. The van der Waals surface area contributed by atoms with Crippen LogP contribution in [0.5, 0.6) is 5.75 Å². The summed E-state index contributed by atoms with van der Waals surface area (Å²) in [5.74, 6) is 0.491. The summed E-state index contributed by atoms with van der Waals surface area (Å²) in [6, 6.07) is 3.44. The quantitative estimate of drug-likeness (QED) is 0.740. The van der Waals surface area contributed by atoms with E-state index in [1.54, 1.807) is 19.1 Å². The lowest BCUT2D eigenvalue weighted by Crippen LogP contribution is -2.32. The molecule has 0 saturated carbocycles. The first-order chi connectivity index (χ1) is 12.1. The molecule has 1 fully saturated rings. The molecule has 136 valence electrons. The van der Waals surface area contributed by atoms with E-state index in [1.807, 2.05) is 11.8 Å². The molecule has 6 heteroatoms. The fourth-order valence-electron chi connectivity index (χ4n) is 3.43. The molecule has 0 N–H and O–H groups in total. The lowest BCUT2D eigenvalue weighted by molar-refractivity contribution is 0.0469. The van der Waals surface area contributed by atoms with Crippen LogP contribution in [0.3, 0.4) is 0 Å². The van der Waals surface area contributed by atoms with E-state index in [0.717, 1.165) is 38.2 Å². The van der Waals surface area contributed by atoms with E-state index < -0.39 is 5.97 Å². The molecule has 0 atom stereocenters. The number of esters is 1. The van der Waals surface area contributed by atoms with Gasteiger partial charge in [-0.2, -0.15) is 0 Å². The SMILES string of the molecule is CCOC(=O)c1cc2c(cc1OCC)C(=O)N(CC1CCOCC1)C2. The van der Waals surface area contributed by atoms with Gasteiger partial charge in [-0.15, -0.1) is 0 Å². The van der Waals surface area contributed by atoms with Gasteiger partial charge in [0.15, 0.2) is 0 Å². The number of hydrogen-bond acceptors (Lipinski definition) is 5. The second-order valence-corrected chi connectivity index (χ2v) is 6.40. The van der Waals surface area contributed by atoms with Gasteiger partial charge in [0.1, 0.15) is 11.3 Å². The van der Waals surface area contributed by atoms with Crippen molar-refractivity contribution in [3.63, 3.8) is 0 Å². The first-order valence-electron chi connectivity index (χ1n) is 8.97. The summed E-state index contributed by atoms with van der Waals surface area (Å²) in [6.45, 7) is 7.13. The molecule has 1 aromatic rings. The zero-order valence-corrected chi connectivity index (χ0v) is 14.9. The van der Waals surface area contributed by atoms with E-state index in [0.29, 0.717) is 42.6 Å². The molecule has 1 saturated heterocycles. The van der Waals surface area contributed by atoms with Gasteiger partial charge >= 0.3 is 5.97 Å². The Balaban J connectivity index is 1.82. The number of carbonyl (C=O) groups excluding carboxylic acids is 2. The highest BCUT2D eigenvalue weighted by Crippen LogP contribution is 2.32. The molecule has 0 unspecified atom stereocenters. The molecule has 0 aliphatic carbocycles. The van der Waals surface area contributed by atoms with Crippen LogP contribution in [0.15, 0.2) is 12.1 Å². The van der Waals surface area contributed by atoms with Gasteiger partial charge < -0.3 is 19.1 Å². The normalized spacial score (nSPS) is 17.5. The molecule has 0 spiro atoms. The second-order valence-electron chi connectivity index (χ2n) is 6.40. The third-order valence-electron chi connectivity index (χ3n) is 4.70. The molecule has 2 heterocycles. The molecule has 0 aromatic heterocycles. The Morgan fingerprint density at radius 2 is 2.00 bits per heavy atom. The van der Waals surface area contributed by atoms with Crippen molar-refractivity contribution >= 4 is 11.9 Å². The minimum atomic E-state index is -0.413. The minimum Gasteiger partial charge on any atom is -0.493 e. The van der Waals surface area contributed by atoms with Gasteiger partial charge in [-0.3, -0.25) is 4.79 Å². The first-order valence-corrected chi connectivity index (χ1v) is 8.97. The van der Waals surface area contributed by atoms with Crippen molar-refractivity contribution < 1.29 is 23.8 Å². The smallest absolute Gasteiger partial charge is 0.341 e. The lowest BCUT2D eigenvalue weighted by atomic mass is 10.00. The molecule has 2 aliphatic heterocycles. The average molecular weight is 347 g/mol. The molecular weight excluding hydrogens is 322 g/mol. The molecular formula is C19H25NO5. The maximum absolute atomic E-state index is 12.8. The predicted molar refractivity (Wildman–Crippen MR) is 91.9 cm³/mol. The highest BCUT2D eigenvalue weighted by Gasteiger charge is 2.32. The van der Waals surface area contributed by atoms with E-state index in [1.165, 1.54) is 0 Å². The molecule has 25 heavy (non-hydrogen) atoms. The fourth-order valence-corrected chi connectivity index (χ4v) is 3.43. The third kappa shape index (κ3) is 3.79. The van der Waals surface area contributed by atoms with Gasteiger partial charge in [0.25, 0.3) is 5.91 Å². The number of carbonyl (C=O) groups is 2. The van der Waals surface area contributed by atoms with Gasteiger partial charge in [0.05, 0.1) is 13.2 Å². The molecule has 0 radical (unpaired) electrons. The van der Waals surface area contributed by atoms with Crippen LogP contribution < -0.4 is 4.74 Å². The fraction of sp³-hybridized carbons (Fsp3) is 0.579. The number of ether oxygens (including phenoxy) is 3. The Morgan fingerprint density at radius 3 is 2.68 bits per heavy atom. The number of benzene rings is 1. The number of hydrogen-bond donors (Lipinski definition) is 0. The standard InChI is InChI=1S/C19H25NO5/c1-3-24-17-10-15-14(9-16(17)19(22)25-4-2)12-20(18(15)21)11-13-5-7-23-8-6-13/h9-10,13H,3-8,11-12H2,1-2H3. The Hall–Kier alpha value is -2.08. The van der Waals surface area contributed by atoms with Gasteiger partial charge in [0, 0.05) is 31.9 Å². The summed E-state index contributed by atoms with van der Waals surface area (Å²) in [7, 11) is 0. The van der Waals surface area contributed by atoms with Crippen molar-refractivity contribution in [3.05, 3.63) is 28.8 Å². The second kappa shape index (κ2) is 7.87. The largest absolute Gasteiger partial charge is 0.493 e. The summed E-state index contributed by atoms with van der Waals surface area (Å²) in [5.41, 5.74) is 1.88. The highest BCUT2D eigenvalue weighted by molar-refractivity contribution is 6.01. The van der Waals surface area contributed by atoms with Crippen molar-refractivity contribution in [1.29, 1.82) is 0 Å². The molecule has 0 bridgehead atoms. The van der Waals surface area contributed by atoms with Crippen LogP contribution in [0, 0.1) is 5.92 Å². The van der Waals surface area contributed by atoms with Crippen LogP contribution in [0.4, 0.5) is 0 Å². The van der Waals surface area contributed by atoms with Gasteiger partial charge in [-0.05, 0) is 50.3 Å². The van der Waals surface area contributed by atoms with Gasteiger partial charge in [0.2, 0.25) is 0 Å². The Morgan fingerprint density at radius 1 is 1.24 bits per heavy atom. The summed E-state index contributed by atoms with van der Waals surface area (Å²) < 4.78 is 16.1. The van der Waals surface area contributed by atoms with Crippen LogP contribution in [0.25, 0.3) is 0 Å². The highest BCUT2D eigenvalue weighted by atomic mass is 16.5. The van der Waals surface area contributed by atoms with E-state index >= 15 is 0 Å². The minimum absolute atomic E-state index is 0.0119. The van der Waals surface area contributed by atoms with E-state index in [-0.39, 0.29) is 5.91 Å². The monoisotopic (exact) mass is 347 g/mol. The molecule has 3 rings (SSSR count). The Labute approximate surface area is 148 Å². The summed E-state index contributed by atoms with van der Waals surface area (Å²) in [4.78, 5) is 26.8. The Bertz CT molecular complexity index is 651. The summed E-state index contributed by atoms with van der Waals surface area (Å²) in [5, 5.41) is 0. The van der Waals surface area contributed by atoms with E-state index in [4.69, 9.17) is 14.2 Å². The number of amides is 1. The van der Waals surface area contributed by atoms with Crippen LogP contribution in [-0.4, -0.2) is 49.7 Å². The van der Waals surface area contributed by atoms with E-state index in [9.17, 15) is 9.59 Å². The molecule has 2 aliphatic rings. The van der Waals surface area contributed by atoms with E-state index in [2.05, 4.69) is 0 Å². The number of rotatable bonds is 6. The number of nitrogens with zero attached hydrogens (tertiary/aromatic N) is 1. The summed E-state index contributed by atoms with van der Waals surface area (Å²) in [6.07, 6.45) is 1.97. The zero-order chi connectivity index (χ0) is 17.8. The third-order valence-corrected chi connectivity index (χ3v) is 4.70. The van der Waals surface area contributed by atoms with Crippen LogP contribution >= 0.6 is 0 Å². The van der Waals surface area contributed by atoms with Crippen molar-refractivity contribution in [2.24, 2.45) is 5.92 Å². The number of fused-ring (bicyclic) bond motifs is 1. The van der Waals surface area contributed by atoms with Crippen molar-refractivity contribution in [2.45, 2.75) is 33.2 Å². The van der Waals surface area contributed by atoms with Gasteiger partial charge in [-0.1, -0.05) is 0 Å². The molecule has 6 nitrogen and oxygen atoms in total. The predicted octanol–water partition coefficient (Wildman–Crippen LogP) is 2.64. The lowest BCUT2D eigenvalue weighted by Gasteiger charge is -2.26. The van der Waals surface area contributed by atoms with Crippen molar-refractivity contribution in [2.75, 3.05) is 33.0 Å². The summed E-state index contributed by atoms with van der Waals surface area (Å²) >= 11 is 0. The first kappa shape index (κ1) is 17.7. The maximum Gasteiger partial charge on any atom is 0.341 e. The van der Waals surface area contributed by atoms with Crippen LogP contribution in [-0.2, 0) is 16.0 Å². The van der Waals surface area contributed by atoms with Gasteiger partial charge in [-0.25, -0.2) is 4.79 Å². The topological polar surface area (TPSA) is 65.1 Å². The van der Waals surface area contributed by atoms with Crippen LogP contribution in [0.1, 0.15) is 53.0 Å². The average Bonchev–Trinajstić information content (AvgIpc) is 2.91. The molecule has 1 aromatic carbocycles. The maximum atomic E-state index is 12.8. The van der Waals surface area contributed by atoms with Crippen molar-refractivity contribution in [3.8, 4) is 5.75 Å². The van der Waals surface area contributed by atoms with Crippen molar-refractivity contribution in [1.82, 2.24) is 4.90 Å². The molecule has 1 amide bonds. The zero-order valence-electron chi connectivity index (χ0n) is 14.9.